The number of carbonyl (C=O) groups is 7. The number of benzene rings is 3. The van der Waals surface area contributed by atoms with Crippen LogP contribution in [0.5, 0.6) is 0 Å². The van der Waals surface area contributed by atoms with Crippen molar-refractivity contribution < 1.29 is 69.3 Å². The van der Waals surface area contributed by atoms with Crippen molar-refractivity contribution in [3.63, 3.8) is 0 Å². The molecular formula is C47H71N9O14S. The fourth-order valence-corrected chi connectivity index (χ4v) is 5.67. The number of hydrogen-bond acceptors (Lipinski definition) is 15. The quantitative estimate of drug-likeness (QED) is 0.0596. The SMILES string of the molecule is CC(C)C[C@H](N)C(=O)O.CSCC[C@H](N)C(=O)O.C[C@H](N)C(=O)O.NCC(=O)O.N[C@@H](Cc1c[nH]c2ccccc12)C(=O)O.N[C@@H](Cc1c[nH]c2ccccc12)C(=O)O.N[C@@H](Cc1ccccc1)C(=O)O. The summed E-state index contributed by atoms with van der Waals surface area (Å²) < 4.78 is 0. The van der Waals surface area contributed by atoms with Crippen molar-refractivity contribution in [3.8, 4) is 0 Å². The van der Waals surface area contributed by atoms with Gasteiger partial charge in [0.05, 0.1) is 6.54 Å². The first-order chi connectivity index (χ1) is 33.2. The minimum Gasteiger partial charge on any atom is -0.480 e. The molecule has 2 heterocycles. The van der Waals surface area contributed by atoms with Crippen molar-refractivity contribution in [2.24, 2.45) is 46.1 Å². The van der Waals surface area contributed by atoms with Gasteiger partial charge < -0.3 is 85.8 Å². The second-order valence-corrected chi connectivity index (χ2v) is 16.7. The van der Waals surface area contributed by atoms with Gasteiger partial charge in [-0.15, -0.1) is 0 Å². The van der Waals surface area contributed by atoms with Gasteiger partial charge in [0.25, 0.3) is 0 Å². The molecule has 0 fully saturated rings. The van der Waals surface area contributed by atoms with E-state index in [1.54, 1.807) is 11.8 Å². The van der Waals surface area contributed by atoms with Gasteiger partial charge in [0.15, 0.2) is 0 Å². The summed E-state index contributed by atoms with van der Waals surface area (Å²) >= 11 is 1.60. The second kappa shape index (κ2) is 37.0. The van der Waals surface area contributed by atoms with E-state index in [4.69, 9.17) is 70.1 Å². The minimum atomic E-state index is -0.972. The van der Waals surface area contributed by atoms with E-state index in [0.29, 0.717) is 38.0 Å². The van der Waals surface area contributed by atoms with Crippen LogP contribution in [0.3, 0.4) is 0 Å². The van der Waals surface area contributed by atoms with Crippen LogP contribution in [0.15, 0.2) is 91.3 Å². The van der Waals surface area contributed by atoms with E-state index in [9.17, 15) is 33.6 Å². The van der Waals surface area contributed by atoms with Crippen molar-refractivity contribution in [2.75, 3.05) is 18.6 Å². The van der Waals surface area contributed by atoms with Crippen LogP contribution < -0.4 is 40.1 Å². The number of nitrogens with one attached hydrogen (secondary N) is 2. The maximum absolute atomic E-state index is 10.6. The maximum atomic E-state index is 10.6. The second-order valence-electron chi connectivity index (χ2n) is 15.7. The van der Waals surface area contributed by atoms with Gasteiger partial charge in [-0.1, -0.05) is 80.6 Å². The summed E-state index contributed by atoms with van der Waals surface area (Å²) in [7, 11) is 0. The van der Waals surface area contributed by atoms with Crippen LogP contribution in [0.2, 0.25) is 0 Å². The lowest BCUT2D eigenvalue weighted by Gasteiger charge is -2.07. The summed E-state index contributed by atoms with van der Waals surface area (Å²) in [5.41, 5.74) is 41.0. The summed E-state index contributed by atoms with van der Waals surface area (Å²) in [4.78, 5) is 76.8. The molecular weight excluding hydrogens is 947 g/mol. The third-order valence-corrected chi connectivity index (χ3v) is 9.68. The summed E-state index contributed by atoms with van der Waals surface area (Å²) in [6.45, 7) is 5.04. The molecule has 23 N–H and O–H groups in total. The van der Waals surface area contributed by atoms with Gasteiger partial charge in [-0.2, -0.15) is 11.8 Å². The molecule has 0 saturated carbocycles. The third-order valence-electron chi connectivity index (χ3n) is 9.04. The van der Waals surface area contributed by atoms with Gasteiger partial charge in [0.2, 0.25) is 0 Å². The minimum absolute atomic E-state index is 0.278. The van der Waals surface area contributed by atoms with E-state index in [1.165, 1.54) is 6.92 Å². The molecule has 0 aliphatic carbocycles. The Morgan fingerprint density at radius 1 is 0.507 bits per heavy atom. The molecule has 23 nitrogen and oxygen atoms in total. The molecule has 0 spiro atoms. The average molecular weight is 1020 g/mol. The van der Waals surface area contributed by atoms with E-state index < -0.39 is 78.0 Å². The molecule has 2 aromatic heterocycles. The molecule has 394 valence electrons. The molecule has 0 amide bonds. The van der Waals surface area contributed by atoms with Crippen LogP contribution >= 0.6 is 11.8 Å². The highest BCUT2D eigenvalue weighted by Crippen LogP contribution is 2.20. The number of aromatic nitrogens is 2. The fourth-order valence-electron chi connectivity index (χ4n) is 5.18. The number of H-pyrrole nitrogens is 2. The number of nitrogens with two attached hydrogens (primary N) is 7. The topological polar surface area (TPSA) is 475 Å². The Kier molecular flexibility index (Phi) is 34.5. The molecule has 0 aliphatic rings. The van der Waals surface area contributed by atoms with Crippen molar-refractivity contribution in [2.45, 2.75) is 89.1 Å². The Morgan fingerprint density at radius 3 is 1.14 bits per heavy atom. The molecule has 0 bridgehead atoms. The molecule has 71 heavy (non-hydrogen) atoms. The Bertz CT molecular complexity index is 2250. The molecule has 0 unspecified atom stereocenters. The zero-order chi connectivity index (χ0) is 54.8. The van der Waals surface area contributed by atoms with Crippen LogP contribution in [-0.2, 0) is 52.8 Å². The number of rotatable bonds is 18. The highest BCUT2D eigenvalue weighted by molar-refractivity contribution is 7.98. The van der Waals surface area contributed by atoms with E-state index in [2.05, 4.69) is 15.7 Å². The summed E-state index contributed by atoms with van der Waals surface area (Å²) in [6, 6.07) is 20.3. The normalized spacial score (nSPS) is 12.6. The van der Waals surface area contributed by atoms with Crippen LogP contribution in [-0.4, -0.2) is 142 Å². The zero-order valence-electron chi connectivity index (χ0n) is 40.1. The van der Waals surface area contributed by atoms with Crippen LogP contribution in [0.4, 0.5) is 0 Å². The highest BCUT2D eigenvalue weighted by atomic mass is 32.2. The third kappa shape index (κ3) is 31.1. The number of aliphatic carboxylic acids is 7. The number of para-hydroxylation sites is 2. The predicted octanol–water partition coefficient (Wildman–Crippen LogP) is 1.93. The lowest BCUT2D eigenvalue weighted by Crippen LogP contribution is -2.32. The number of thioether (sulfide) groups is 1. The Labute approximate surface area is 415 Å². The molecule has 3 aromatic carbocycles. The first-order valence-corrected chi connectivity index (χ1v) is 23.0. The van der Waals surface area contributed by atoms with Crippen LogP contribution in [0, 0.1) is 5.92 Å². The Morgan fingerprint density at radius 2 is 0.845 bits per heavy atom. The standard InChI is InChI=1S/2C11H12N2O2.C9H11NO2.C6H13NO2.C5H11NO2S.C3H7NO2.C2H5NO2/c2*12-9(11(14)15)5-7-6-13-10-4-2-1-3-8(7)10;10-8(9(11)12)6-7-4-2-1-3-5-7;1-4(2)3-5(7)6(8)9;1-9-3-2-4(6)5(7)8;1-2(4)3(5)6;3-1-2(4)5/h2*1-4,6,9,13H,5,12H2,(H,14,15);1-5,8H,6,10H2,(H,11,12);4-5H,3,7H2,1-2H3,(H,8,9);4H,2-3,6H2,1H3,(H,7,8);2H,4H2,1H3,(H,5,6);1,3H2,(H,4,5)/t2*9-;8-;5-;4-;2-;/m000000./s1. The molecule has 0 radical (unpaired) electrons. The summed E-state index contributed by atoms with van der Waals surface area (Å²) in [6.07, 6.45) is 7.73. The number of carboxylic acid groups (broad SMARTS) is 7. The van der Waals surface area contributed by atoms with Crippen LogP contribution in [0.1, 0.15) is 50.3 Å². The van der Waals surface area contributed by atoms with Gasteiger partial charge in [0.1, 0.15) is 36.3 Å². The van der Waals surface area contributed by atoms with Gasteiger partial charge in [-0.3, -0.25) is 33.6 Å². The number of carboxylic acids is 7. The summed E-state index contributed by atoms with van der Waals surface area (Å²) in [5, 5.41) is 60.1. The van der Waals surface area contributed by atoms with E-state index in [0.717, 1.165) is 44.2 Å². The molecule has 6 atom stereocenters. The predicted molar refractivity (Wildman–Crippen MR) is 273 cm³/mol. The highest BCUT2D eigenvalue weighted by Gasteiger charge is 2.16. The molecule has 0 saturated heterocycles. The number of fused-ring (bicyclic) bond motifs is 2. The maximum Gasteiger partial charge on any atom is 0.320 e. The lowest BCUT2D eigenvalue weighted by molar-refractivity contribution is -0.139. The average Bonchev–Trinajstić information content (AvgIpc) is 3.92. The lowest BCUT2D eigenvalue weighted by atomic mass is 10.1. The Balaban J connectivity index is 0. The van der Waals surface area contributed by atoms with Crippen molar-refractivity contribution in [1.29, 1.82) is 0 Å². The first kappa shape index (κ1) is 66.2. The molecule has 0 aliphatic heterocycles. The van der Waals surface area contributed by atoms with E-state index in [1.807, 2.05) is 111 Å². The van der Waals surface area contributed by atoms with Crippen molar-refractivity contribution in [3.05, 3.63) is 108 Å². The fraction of sp³-hybridized carbons (Fsp3) is 0.383. The van der Waals surface area contributed by atoms with E-state index >= 15 is 0 Å². The Hall–Kier alpha value is -6.90. The van der Waals surface area contributed by atoms with Crippen molar-refractivity contribution in [1.82, 2.24) is 9.97 Å². The summed E-state index contributed by atoms with van der Waals surface area (Å²) in [5.74, 6) is -5.49. The van der Waals surface area contributed by atoms with E-state index in [-0.39, 0.29) is 6.54 Å². The van der Waals surface area contributed by atoms with Gasteiger partial charge >= 0.3 is 41.8 Å². The van der Waals surface area contributed by atoms with Crippen LogP contribution in [0.25, 0.3) is 21.8 Å². The van der Waals surface area contributed by atoms with Gasteiger partial charge in [-0.05, 0) is 72.9 Å². The largest absolute Gasteiger partial charge is 0.480 e. The van der Waals surface area contributed by atoms with Gasteiger partial charge in [-0.25, -0.2) is 0 Å². The number of aromatic amines is 2. The van der Waals surface area contributed by atoms with Crippen molar-refractivity contribution >= 4 is 75.4 Å². The molecule has 5 aromatic rings. The smallest absolute Gasteiger partial charge is 0.320 e. The molecule has 5 rings (SSSR count). The van der Waals surface area contributed by atoms with Gasteiger partial charge in [0, 0.05) is 47.0 Å². The first-order valence-electron chi connectivity index (χ1n) is 21.6. The zero-order valence-corrected chi connectivity index (χ0v) is 40.9. The monoisotopic (exact) mass is 1020 g/mol. The molecule has 24 heteroatoms. The number of hydrogen-bond donors (Lipinski definition) is 16.